The van der Waals surface area contributed by atoms with Crippen LogP contribution in [-0.4, -0.2) is 36.8 Å². The summed E-state index contributed by atoms with van der Waals surface area (Å²) in [6.45, 7) is 6.44. The quantitative estimate of drug-likeness (QED) is 0.915. The molecule has 1 aromatic rings. The zero-order chi connectivity index (χ0) is 16.4. The topological polar surface area (TPSA) is 63.2 Å². The number of hydrogen-bond donors (Lipinski definition) is 1. The molecule has 1 N–H and O–H groups in total. The van der Waals surface area contributed by atoms with Crippen LogP contribution in [0.2, 0.25) is 0 Å². The first kappa shape index (κ1) is 17.3. The molecule has 1 heterocycles. The fourth-order valence-corrected chi connectivity index (χ4v) is 5.78. The Balaban J connectivity index is 1.82. The van der Waals surface area contributed by atoms with Crippen molar-refractivity contribution in [2.45, 2.75) is 37.9 Å². The summed E-state index contributed by atoms with van der Waals surface area (Å²) in [6.07, 6.45) is 0.653. The number of hydrogen-bond acceptors (Lipinski definition) is 4. The minimum absolute atomic E-state index is 0.0546. The van der Waals surface area contributed by atoms with E-state index in [2.05, 4.69) is 26.1 Å². The van der Waals surface area contributed by atoms with Crippen molar-refractivity contribution in [3.05, 3.63) is 29.8 Å². The largest absolute Gasteiger partial charge is 0.325 e. The number of carbonyl (C=O) groups excluding carboxylic acids is 1. The number of sulfone groups is 1. The van der Waals surface area contributed by atoms with Crippen LogP contribution < -0.4 is 5.32 Å². The van der Waals surface area contributed by atoms with E-state index in [0.717, 1.165) is 5.69 Å². The van der Waals surface area contributed by atoms with Gasteiger partial charge in [-0.2, -0.15) is 0 Å². The van der Waals surface area contributed by atoms with Crippen molar-refractivity contribution < 1.29 is 13.2 Å². The highest BCUT2D eigenvalue weighted by molar-refractivity contribution is 8.02. The molecule has 1 amide bonds. The van der Waals surface area contributed by atoms with Crippen molar-refractivity contribution in [1.82, 2.24) is 0 Å². The normalized spacial score (nSPS) is 20.8. The Bertz CT molecular complexity index is 630. The molecule has 1 aliphatic rings. The maximum atomic E-state index is 11.9. The number of nitrogens with one attached hydrogen (secondary N) is 1. The molecule has 1 saturated heterocycles. The van der Waals surface area contributed by atoms with E-state index in [1.165, 1.54) is 17.3 Å². The molecule has 22 heavy (non-hydrogen) atoms. The van der Waals surface area contributed by atoms with Crippen LogP contribution in [0.15, 0.2) is 24.3 Å². The summed E-state index contributed by atoms with van der Waals surface area (Å²) >= 11 is 1.43. The Hall–Kier alpha value is -1.01. The first-order valence-electron chi connectivity index (χ1n) is 7.38. The Morgan fingerprint density at radius 2 is 1.91 bits per heavy atom. The summed E-state index contributed by atoms with van der Waals surface area (Å²) in [7, 11) is -2.87. The SMILES string of the molecule is CC(C)(C)c1ccc(NC(=O)CSC2CCS(=O)(=O)C2)cc1. The standard InChI is InChI=1S/C16H23NO3S2/c1-16(2,3)12-4-6-13(7-5-12)17-15(18)10-21-14-8-9-22(19,20)11-14/h4-7,14H,8-11H2,1-3H3,(H,17,18). The van der Waals surface area contributed by atoms with E-state index in [1.807, 2.05) is 24.3 Å². The van der Waals surface area contributed by atoms with Crippen LogP contribution in [0.25, 0.3) is 0 Å². The van der Waals surface area contributed by atoms with Gasteiger partial charge >= 0.3 is 0 Å². The smallest absolute Gasteiger partial charge is 0.234 e. The lowest BCUT2D eigenvalue weighted by molar-refractivity contribution is -0.113. The van der Waals surface area contributed by atoms with Gasteiger partial charge in [0, 0.05) is 10.9 Å². The van der Waals surface area contributed by atoms with Crippen LogP contribution in [0.1, 0.15) is 32.8 Å². The molecular formula is C16H23NO3S2. The number of carbonyl (C=O) groups is 1. The van der Waals surface area contributed by atoms with E-state index in [1.54, 1.807) is 0 Å². The Labute approximate surface area is 137 Å². The van der Waals surface area contributed by atoms with Gasteiger partial charge in [0.2, 0.25) is 5.91 Å². The van der Waals surface area contributed by atoms with Gasteiger partial charge < -0.3 is 5.32 Å². The second-order valence-electron chi connectivity index (χ2n) is 6.71. The van der Waals surface area contributed by atoms with Crippen molar-refractivity contribution in [2.24, 2.45) is 0 Å². The van der Waals surface area contributed by atoms with Crippen LogP contribution in [0.5, 0.6) is 0 Å². The van der Waals surface area contributed by atoms with E-state index in [4.69, 9.17) is 0 Å². The van der Waals surface area contributed by atoms with Gasteiger partial charge in [-0.15, -0.1) is 11.8 Å². The molecule has 122 valence electrons. The van der Waals surface area contributed by atoms with Gasteiger partial charge in [-0.3, -0.25) is 4.79 Å². The predicted octanol–water partition coefficient (Wildman–Crippen LogP) is 2.84. The highest BCUT2D eigenvalue weighted by atomic mass is 32.2. The molecule has 2 rings (SSSR count). The maximum Gasteiger partial charge on any atom is 0.234 e. The highest BCUT2D eigenvalue weighted by Gasteiger charge is 2.28. The molecule has 1 aromatic carbocycles. The van der Waals surface area contributed by atoms with E-state index < -0.39 is 9.84 Å². The van der Waals surface area contributed by atoms with E-state index in [9.17, 15) is 13.2 Å². The molecular weight excluding hydrogens is 318 g/mol. The molecule has 0 aromatic heterocycles. The number of rotatable bonds is 4. The lowest BCUT2D eigenvalue weighted by Gasteiger charge is -2.19. The molecule has 4 nitrogen and oxygen atoms in total. The molecule has 1 fully saturated rings. The number of amides is 1. The minimum atomic E-state index is -2.87. The number of thioether (sulfide) groups is 1. The van der Waals surface area contributed by atoms with Crippen LogP contribution in [0.3, 0.4) is 0 Å². The highest BCUT2D eigenvalue weighted by Crippen LogP contribution is 2.25. The summed E-state index contributed by atoms with van der Waals surface area (Å²) in [4.78, 5) is 11.9. The zero-order valence-corrected chi connectivity index (χ0v) is 14.9. The summed E-state index contributed by atoms with van der Waals surface area (Å²) in [5.74, 6) is 0.658. The van der Waals surface area contributed by atoms with Gasteiger partial charge in [-0.05, 0) is 29.5 Å². The molecule has 1 unspecified atom stereocenters. The van der Waals surface area contributed by atoms with Gasteiger partial charge in [0.1, 0.15) is 0 Å². The molecule has 1 atom stereocenters. The third-order valence-corrected chi connectivity index (χ3v) is 6.96. The summed E-state index contributed by atoms with van der Waals surface area (Å²) in [6, 6.07) is 7.85. The van der Waals surface area contributed by atoms with Crippen molar-refractivity contribution >= 4 is 33.2 Å². The third-order valence-electron chi connectivity index (χ3n) is 3.68. The lowest BCUT2D eigenvalue weighted by Crippen LogP contribution is -2.17. The maximum absolute atomic E-state index is 11.9. The fraction of sp³-hybridized carbons (Fsp3) is 0.562. The van der Waals surface area contributed by atoms with Crippen LogP contribution in [-0.2, 0) is 20.0 Å². The van der Waals surface area contributed by atoms with Gasteiger partial charge in [-0.25, -0.2) is 8.42 Å². The Morgan fingerprint density at radius 3 is 2.41 bits per heavy atom. The molecule has 0 aliphatic carbocycles. The molecule has 1 aliphatic heterocycles. The van der Waals surface area contributed by atoms with E-state index in [-0.39, 0.29) is 28.1 Å². The molecule has 0 radical (unpaired) electrons. The summed E-state index contributed by atoms with van der Waals surface area (Å²) in [5, 5.41) is 2.91. The molecule has 6 heteroatoms. The molecule has 0 spiro atoms. The second kappa shape index (κ2) is 6.62. The zero-order valence-electron chi connectivity index (χ0n) is 13.3. The predicted molar refractivity (Wildman–Crippen MR) is 93.3 cm³/mol. The molecule has 0 bridgehead atoms. The van der Waals surface area contributed by atoms with Crippen LogP contribution in [0, 0.1) is 0 Å². The summed E-state index contributed by atoms with van der Waals surface area (Å²) in [5.41, 5.74) is 2.08. The number of anilines is 1. The number of benzene rings is 1. The van der Waals surface area contributed by atoms with Crippen molar-refractivity contribution in [2.75, 3.05) is 22.6 Å². The van der Waals surface area contributed by atoms with Crippen molar-refractivity contribution in [1.29, 1.82) is 0 Å². The fourth-order valence-electron chi connectivity index (χ4n) is 2.34. The average Bonchev–Trinajstić information content (AvgIpc) is 2.76. The Kier molecular flexibility index (Phi) is 5.22. The van der Waals surface area contributed by atoms with Gasteiger partial charge in [0.05, 0.1) is 17.3 Å². The second-order valence-corrected chi connectivity index (χ2v) is 10.2. The van der Waals surface area contributed by atoms with Gasteiger partial charge in [-0.1, -0.05) is 32.9 Å². The Morgan fingerprint density at radius 1 is 1.27 bits per heavy atom. The molecule has 0 saturated carbocycles. The van der Waals surface area contributed by atoms with Crippen LogP contribution >= 0.6 is 11.8 Å². The lowest BCUT2D eigenvalue weighted by atomic mass is 9.87. The third kappa shape index (κ3) is 5.02. The van der Waals surface area contributed by atoms with Gasteiger partial charge in [0.25, 0.3) is 0 Å². The van der Waals surface area contributed by atoms with Crippen molar-refractivity contribution in [3.8, 4) is 0 Å². The van der Waals surface area contributed by atoms with Gasteiger partial charge in [0.15, 0.2) is 9.84 Å². The summed E-state index contributed by atoms with van der Waals surface area (Å²) < 4.78 is 22.8. The minimum Gasteiger partial charge on any atom is -0.325 e. The van der Waals surface area contributed by atoms with E-state index >= 15 is 0 Å². The van der Waals surface area contributed by atoms with Crippen molar-refractivity contribution in [3.63, 3.8) is 0 Å². The van der Waals surface area contributed by atoms with Crippen LogP contribution in [0.4, 0.5) is 5.69 Å². The van der Waals surface area contributed by atoms with E-state index in [0.29, 0.717) is 12.2 Å². The first-order chi connectivity index (χ1) is 10.2. The average molecular weight is 341 g/mol. The first-order valence-corrected chi connectivity index (χ1v) is 10.3. The monoisotopic (exact) mass is 341 g/mol.